The van der Waals surface area contributed by atoms with Crippen molar-refractivity contribution in [1.82, 2.24) is 0 Å². The molecule has 0 bridgehead atoms. The maximum absolute atomic E-state index is 10.7. The molecule has 2 atom stereocenters. The molecule has 2 nitrogen and oxygen atoms in total. The van der Waals surface area contributed by atoms with Crippen LogP contribution in [0.3, 0.4) is 0 Å². The van der Waals surface area contributed by atoms with Crippen LogP contribution < -0.4 is 0 Å². The van der Waals surface area contributed by atoms with E-state index < -0.39 is 5.60 Å². The topological polar surface area (TPSA) is 29.5 Å². The summed E-state index contributed by atoms with van der Waals surface area (Å²) < 4.78 is 5.77. The highest BCUT2D eigenvalue weighted by Crippen LogP contribution is 2.40. The molecule has 1 heterocycles. The molecular weight excluding hydrogens is 200 g/mol. The molecule has 0 spiro atoms. The molecule has 1 aliphatic rings. The average molecular weight is 220 g/mol. The second-order valence-electron chi connectivity index (χ2n) is 4.98. The number of hydrogen-bond donors (Lipinski definition) is 1. The monoisotopic (exact) mass is 220 g/mol. The van der Waals surface area contributed by atoms with Crippen LogP contribution in [-0.2, 0) is 10.3 Å². The second-order valence-corrected chi connectivity index (χ2v) is 4.98. The summed E-state index contributed by atoms with van der Waals surface area (Å²) in [4.78, 5) is 0. The van der Waals surface area contributed by atoms with E-state index in [1.54, 1.807) is 0 Å². The fourth-order valence-electron chi connectivity index (χ4n) is 2.45. The van der Waals surface area contributed by atoms with Gasteiger partial charge in [-0.2, -0.15) is 0 Å². The summed E-state index contributed by atoms with van der Waals surface area (Å²) >= 11 is 0. The van der Waals surface area contributed by atoms with Crippen LogP contribution in [0, 0.1) is 0 Å². The third-order valence-electron chi connectivity index (χ3n) is 3.69. The third kappa shape index (κ3) is 2.13. The Bertz CT molecular complexity index is 349. The summed E-state index contributed by atoms with van der Waals surface area (Å²) in [6, 6.07) is 9.94. The van der Waals surface area contributed by atoms with Gasteiger partial charge in [0.2, 0.25) is 0 Å². The van der Waals surface area contributed by atoms with Gasteiger partial charge >= 0.3 is 0 Å². The molecular formula is C14H20O2. The molecule has 16 heavy (non-hydrogen) atoms. The zero-order valence-electron chi connectivity index (χ0n) is 10.1. The summed E-state index contributed by atoms with van der Waals surface area (Å²) in [6.45, 7) is 4.83. The number of ether oxygens (including phenoxy) is 1. The standard InChI is InChI=1S/C14H20O2/c1-3-13(2)11-14(15,9-10-16-13)12-7-5-4-6-8-12/h4-8,15H,3,9-11H2,1-2H3. The van der Waals surface area contributed by atoms with Gasteiger partial charge in [0.1, 0.15) is 0 Å². The van der Waals surface area contributed by atoms with Gasteiger partial charge in [0.05, 0.1) is 17.8 Å². The smallest absolute Gasteiger partial charge is 0.0945 e. The van der Waals surface area contributed by atoms with Gasteiger partial charge in [-0.1, -0.05) is 37.3 Å². The maximum Gasteiger partial charge on any atom is 0.0945 e. The predicted octanol–water partition coefficient (Wildman–Crippen LogP) is 2.85. The molecule has 2 rings (SSSR count). The first-order chi connectivity index (χ1) is 7.58. The quantitative estimate of drug-likeness (QED) is 0.830. The van der Waals surface area contributed by atoms with Gasteiger partial charge in [0.25, 0.3) is 0 Å². The minimum Gasteiger partial charge on any atom is -0.385 e. The predicted molar refractivity (Wildman–Crippen MR) is 64.2 cm³/mol. The highest BCUT2D eigenvalue weighted by atomic mass is 16.5. The lowest BCUT2D eigenvalue weighted by Gasteiger charge is -2.43. The highest BCUT2D eigenvalue weighted by molar-refractivity contribution is 5.23. The van der Waals surface area contributed by atoms with Crippen LogP contribution in [0.1, 0.15) is 38.7 Å². The maximum atomic E-state index is 10.7. The number of aliphatic hydroxyl groups is 1. The van der Waals surface area contributed by atoms with Crippen LogP contribution in [0.15, 0.2) is 30.3 Å². The fraction of sp³-hybridized carbons (Fsp3) is 0.571. The number of rotatable bonds is 2. The summed E-state index contributed by atoms with van der Waals surface area (Å²) in [6.07, 6.45) is 2.30. The lowest BCUT2D eigenvalue weighted by molar-refractivity contribution is -0.157. The van der Waals surface area contributed by atoms with Gasteiger partial charge < -0.3 is 9.84 Å². The first kappa shape index (κ1) is 11.6. The van der Waals surface area contributed by atoms with Gasteiger partial charge in [-0.3, -0.25) is 0 Å². The Hall–Kier alpha value is -0.860. The van der Waals surface area contributed by atoms with E-state index >= 15 is 0 Å². The molecule has 0 saturated carbocycles. The van der Waals surface area contributed by atoms with Crippen LogP contribution in [0.4, 0.5) is 0 Å². The molecule has 2 heteroatoms. The largest absolute Gasteiger partial charge is 0.385 e. The lowest BCUT2D eigenvalue weighted by Crippen LogP contribution is -2.45. The summed E-state index contributed by atoms with van der Waals surface area (Å²) in [5, 5.41) is 10.7. The van der Waals surface area contributed by atoms with Crippen molar-refractivity contribution in [1.29, 1.82) is 0 Å². The molecule has 0 aliphatic carbocycles. The lowest BCUT2D eigenvalue weighted by atomic mass is 9.78. The van der Waals surface area contributed by atoms with Crippen molar-refractivity contribution < 1.29 is 9.84 Å². The zero-order valence-corrected chi connectivity index (χ0v) is 10.1. The molecule has 0 aromatic heterocycles. The molecule has 2 unspecified atom stereocenters. The Balaban J connectivity index is 2.25. The zero-order chi connectivity index (χ0) is 11.6. The van der Waals surface area contributed by atoms with Crippen molar-refractivity contribution in [2.24, 2.45) is 0 Å². The van der Waals surface area contributed by atoms with E-state index in [0.29, 0.717) is 19.4 Å². The van der Waals surface area contributed by atoms with Gasteiger partial charge in [-0.15, -0.1) is 0 Å². The normalized spacial score (nSPS) is 34.9. The van der Waals surface area contributed by atoms with Crippen molar-refractivity contribution in [3.05, 3.63) is 35.9 Å². The molecule has 0 radical (unpaired) electrons. The Kier molecular flexibility index (Phi) is 3.04. The van der Waals surface area contributed by atoms with E-state index in [9.17, 15) is 5.11 Å². The van der Waals surface area contributed by atoms with Crippen molar-refractivity contribution in [3.63, 3.8) is 0 Å². The van der Waals surface area contributed by atoms with E-state index in [1.807, 2.05) is 30.3 Å². The van der Waals surface area contributed by atoms with Gasteiger partial charge in [-0.25, -0.2) is 0 Å². The van der Waals surface area contributed by atoms with Crippen LogP contribution >= 0.6 is 0 Å². The van der Waals surface area contributed by atoms with E-state index in [-0.39, 0.29) is 5.60 Å². The van der Waals surface area contributed by atoms with Crippen molar-refractivity contribution in [3.8, 4) is 0 Å². The summed E-state index contributed by atoms with van der Waals surface area (Å²) in [5.41, 5.74) is 0.102. The van der Waals surface area contributed by atoms with Crippen molar-refractivity contribution in [2.75, 3.05) is 6.61 Å². The Morgan fingerprint density at radius 3 is 2.62 bits per heavy atom. The number of benzene rings is 1. The Morgan fingerprint density at radius 1 is 1.31 bits per heavy atom. The summed E-state index contributed by atoms with van der Waals surface area (Å²) in [7, 11) is 0. The fourth-order valence-corrected chi connectivity index (χ4v) is 2.45. The molecule has 1 saturated heterocycles. The number of hydrogen-bond acceptors (Lipinski definition) is 2. The molecule has 1 fully saturated rings. The van der Waals surface area contributed by atoms with E-state index in [2.05, 4.69) is 13.8 Å². The minimum atomic E-state index is -0.718. The molecule has 88 valence electrons. The van der Waals surface area contributed by atoms with Crippen LogP contribution in [0.2, 0.25) is 0 Å². The van der Waals surface area contributed by atoms with Crippen LogP contribution in [-0.4, -0.2) is 17.3 Å². The Morgan fingerprint density at radius 2 is 2.00 bits per heavy atom. The highest BCUT2D eigenvalue weighted by Gasteiger charge is 2.41. The van der Waals surface area contributed by atoms with Crippen LogP contribution in [0.25, 0.3) is 0 Å². The summed E-state index contributed by atoms with van der Waals surface area (Å²) in [5.74, 6) is 0. The molecule has 1 N–H and O–H groups in total. The molecule has 0 amide bonds. The van der Waals surface area contributed by atoms with Gasteiger partial charge in [0, 0.05) is 12.8 Å². The average Bonchev–Trinajstić information content (AvgIpc) is 2.30. The first-order valence-electron chi connectivity index (χ1n) is 6.00. The van der Waals surface area contributed by atoms with E-state index in [0.717, 1.165) is 12.0 Å². The minimum absolute atomic E-state index is 0.192. The van der Waals surface area contributed by atoms with Gasteiger partial charge in [0.15, 0.2) is 0 Å². The van der Waals surface area contributed by atoms with E-state index in [4.69, 9.17) is 4.74 Å². The first-order valence-corrected chi connectivity index (χ1v) is 6.00. The second kappa shape index (κ2) is 4.19. The Labute approximate surface area is 97.3 Å². The molecule has 1 aliphatic heterocycles. The third-order valence-corrected chi connectivity index (χ3v) is 3.69. The molecule has 1 aromatic rings. The van der Waals surface area contributed by atoms with Crippen molar-refractivity contribution >= 4 is 0 Å². The van der Waals surface area contributed by atoms with Crippen LogP contribution in [0.5, 0.6) is 0 Å². The van der Waals surface area contributed by atoms with E-state index in [1.165, 1.54) is 0 Å². The molecule has 1 aromatic carbocycles. The van der Waals surface area contributed by atoms with Gasteiger partial charge in [-0.05, 0) is 18.9 Å². The SMILES string of the molecule is CCC1(C)CC(O)(c2ccccc2)CCO1. The van der Waals surface area contributed by atoms with Crippen molar-refractivity contribution in [2.45, 2.75) is 44.3 Å².